The topological polar surface area (TPSA) is 104 Å². The third kappa shape index (κ3) is 4.29. The summed E-state index contributed by atoms with van der Waals surface area (Å²) >= 11 is 0. The molecule has 1 amide bonds. The van der Waals surface area contributed by atoms with Crippen molar-refractivity contribution in [2.24, 2.45) is 5.11 Å². The first-order chi connectivity index (χ1) is 10.5. The Balaban J connectivity index is 3.21. The van der Waals surface area contributed by atoms with Gasteiger partial charge in [-0.3, -0.25) is 9.59 Å². The summed E-state index contributed by atoms with van der Waals surface area (Å²) in [6.45, 7) is 5.09. The first-order valence-corrected chi connectivity index (χ1v) is 7.28. The molecule has 1 aliphatic carbocycles. The molecule has 0 aromatic carbocycles. The SMILES string of the molecule is CCC(CC)O[C@@H]1C(F)=C(C=O)C[C@H](N=[N+]=[N-])[C@H]1NC(C)=O. The highest BCUT2D eigenvalue weighted by Gasteiger charge is 2.40. The molecule has 0 fully saturated rings. The minimum atomic E-state index is -1.13. The van der Waals surface area contributed by atoms with Crippen molar-refractivity contribution >= 4 is 12.2 Å². The second kappa shape index (κ2) is 8.51. The Labute approximate surface area is 128 Å². The van der Waals surface area contributed by atoms with Crippen LogP contribution in [-0.2, 0) is 14.3 Å². The van der Waals surface area contributed by atoms with Crippen molar-refractivity contribution in [1.82, 2.24) is 5.32 Å². The van der Waals surface area contributed by atoms with Gasteiger partial charge >= 0.3 is 0 Å². The van der Waals surface area contributed by atoms with Crippen molar-refractivity contribution in [3.8, 4) is 0 Å². The van der Waals surface area contributed by atoms with Gasteiger partial charge in [0.2, 0.25) is 5.91 Å². The first-order valence-electron chi connectivity index (χ1n) is 7.28. The summed E-state index contributed by atoms with van der Waals surface area (Å²) < 4.78 is 20.2. The van der Waals surface area contributed by atoms with E-state index in [4.69, 9.17) is 10.3 Å². The van der Waals surface area contributed by atoms with Crippen LogP contribution in [-0.4, -0.2) is 36.5 Å². The highest BCUT2D eigenvalue weighted by atomic mass is 19.1. The lowest BCUT2D eigenvalue weighted by Crippen LogP contribution is -2.54. The molecular formula is C14H21FN4O3. The third-order valence-electron chi connectivity index (χ3n) is 3.69. The molecular weight excluding hydrogens is 291 g/mol. The third-order valence-corrected chi connectivity index (χ3v) is 3.69. The number of carbonyl (C=O) groups is 2. The minimum Gasteiger partial charge on any atom is -0.366 e. The summed E-state index contributed by atoms with van der Waals surface area (Å²) in [7, 11) is 0. The number of amides is 1. The molecule has 0 aromatic heterocycles. The first kappa shape index (κ1) is 18.1. The fourth-order valence-corrected chi connectivity index (χ4v) is 2.51. The van der Waals surface area contributed by atoms with Gasteiger partial charge in [0.05, 0.1) is 18.2 Å². The molecule has 7 nitrogen and oxygen atoms in total. The van der Waals surface area contributed by atoms with Gasteiger partial charge in [0, 0.05) is 17.4 Å². The molecule has 0 saturated carbocycles. The average Bonchev–Trinajstić information content (AvgIpc) is 2.49. The number of hydrogen-bond donors (Lipinski definition) is 1. The molecule has 22 heavy (non-hydrogen) atoms. The quantitative estimate of drug-likeness (QED) is 0.338. The van der Waals surface area contributed by atoms with E-state index >= 15 is 0 Å². The Kier molecular flexibility index (Phi) is 7.01. The molecule has 1 rings (SSSR count). The summed E-state index contributed by atoms with van der Waals surface area (Å²) in [5.41, 5.74) is 8.57. The van der Waals surface area contributed by atoms with Crippen LogP contribution in [0.15, 0.2) is 16.5 Å². The van der Waals surface area contributed by atoms with Gasteiger partial charge in [-0.2, -0.15) is 0 Å². The van der Waals surface area contributed by atoms with Crippen LogP contribution in [0.5, 0.6) is 0 Å². The van der Waals surface area contributed by atoms with Crippen LogP contribution in [0.4, 0.5) is 4.39 Å². The highest BCUT2D eigenvalue weighted by Crippen LogP contribution is 2.31. The van der Waals surface area contributed by atoms with E-state index in [1.165, 1.54) is 6.92 Å². The smallest absolute Gasteiger partial charge is 0.217 e. The van der Waals surface area contributed by atoms with Crippen LogP contribution < -0.4 is 5.32 Å². The molecule has 0 aliphatic heterocycles. The van der Waals surface area contributed by atoms with Crippen LogP contribution in [0.1, 0.15) is 40.0 Å². The Morgan fingerprint density at radius 3 is 2.68 bits per heavy atom. The van der Waals surface area contributed by atoms with Crippen LogP contribution in [0.2, 0.25) is 0 Å². The van der Waals surface area contributed by atoms with Crippen LogP contribution in [0, 0.1) is 0 Å². The van der Waals surface area contributed by atoms with E-state index in [1.807, 2.05) is 13.8 Å². The van der Waals surface area contributed by atoms with E-state index in [0.29, 0.717) is 19.1 Å². The number of aldehydes is 1. The normalized spacial score (nSPS) is 24.9. The van der Waals surface area contributed by atoms with E-state index < -0.39 is 24.0 Å². The van der Waals surface area contributed by atoms with Gasteiger partial charge in [0.15, 0.2) is 0 Å². The summed E-state index contributed by atoms with van der Waals surface area (Å²) in [5, 5.41) is 6.16. The number of carbonyl (C=O) groups excluding carboxylic acids is 2. The van der Waals surface area contributed by atoms with Crippen molar-refractivity contribution in [3.05, 3.63) is 21.8 Å². The van der Waals surface area contributed by atoms with Gasteiger partial charge < -0.3 is 10.1 Å². The second-order valence-corrected chi connectivity index (χ2v) is 5.19. The van der Waals surface area contributed by atoms with Crippen molar-refractivity contribution in [1.29, 1.82) is 0 Å². The molecule has 3 atom stereocenters. The van der Waals surface area contributed by atoms with E-state index in [9.17, 15) is 14.0 Å². The summed E-state index contributed by atoms with van der Waals surface area (Å²) in [4.78, 5) is 25.1. The lowest BCUT2D eigenvalue weighted by atomic mass is 9.87. The van der Waals surface area contributed by atoms with Crippen LogP contribution in [0.3, 0.4) is 0 Å². The molecule has 0 aromatic rings. The van der Waals surface area contributed by atoms with Crippen molar-refractivity contribution < 1.29 is 18.7 Å². The molecule has 0 heterocycles. The van der Waals surface area contributed by atoms with Crippen molar-refractivity contribution in [3.63, 3.8) is 0 Å². The van der Waals surface area contributed by atoms with E-state index in [1.54, 1.807) is 0 Å². The molecule has 0 spiro atoms. The van der Waals surface area contributed by atoms with Crippen molar-refractivity contribution in [2.45, 2.75) is 64.3 Å². The summed E-state index contributed by atoms with van der Waals surface area (Å²) in [5.74, 6) is -1.09. The van der Waals surface area contributed by atoms with Gasteiger partial charge in [-0.1, -0.05) is 19.0 Å². The number of halogens is 1. The van der Waals surface area contributed by atoms with Gasteiger partial charge in [0.1, 0.15) is 18.2 Å². The predicted molar refractivity (Wildman–Crippen MR) is 78.6 cm³/mol. The number of azide groups is 1. The monoisotopic (exact) mass is 312 g/mol. The zero-order valence-electron chi connectivity index (χ0n) is 13.0. The molecule has 122 valence electrons. The molecule has 0 radical (unpaired) electrons. The number of rotatable bonds is 7. The fraction of sp³-hybridized carbons (Fsp3) is 0.714. The molecule has 8 heteroatoms. The Morgan fingerprint density at radius 2 is 2.23 bits per heavy atom. The standard InChI is InChI=1S/C14H21FN4O3/c1-4-10(5-2)22-14-12(15)9(7-20)6-11(18-19-16)13(14)17-8(3)21/h7,10-11,13-14H,4-6H2,1-3H3,(H,17,21)/t11-,13+,14+/m0/s1. The molecule has 1 N–H and O–H groups in total. The maximum absolute atomic E-state index is 14.5. The second-order valence-electron chi connectivity index (χ2n) is 5.19. The van der Waals surface area contributed by atoms with E-state index in [2.05, 4.69) is 15.3 Å². The fourth-order valence-electron chi connectivity index (χ4n) is 2.51. The largest absolute Gasteiger partial charge is 0.366 e. The van der Waals surface area contributed by atoms with E-state index in [-0.39, 0.29) is 24.0 Å². The Morgan fingerprint density at radius 1 is 1.59 bits per heavy atom. The summed E-state index contributed by atoms with van der Waals surface area (Å²) in [6.07, 6.45) is 0.323. The zero-order chi connectivity index (χ0) is 16.7. The highest BCUT2D eigenvalue weighted by molar-refractivity contribution is 5.76. The maximum Gasteiger partial charge on any atom is 0.217 e. The number of ether oxygens (including phenoxy) is 1. The number of nitrogens with zero attached hydrogens (tertiary/aromatic N) is 3. The van der Waals surface area contributed by atoms with Gasteiger partial charge in [0.25, 0.3) is 0 Å². The van der Waals surface area contributed by atoms with Gasteiger partial charge in [-0.25, -0.2) is 4.39 Å². The Hall–Kier alpha value is -1.92. The summed E-state index contributed by atoms with van der Waals surface area (Å²) in [6, 6.07) is -1.61. The lowest BCUT2D eigenvalue weighted by Gasteiger charge is -2.37. The number of hydrogen-bond acceptors (Lipinski definition) is 4. The van der Waals surface area contributed by atoms with Crippen LogP contribution >= 0.6 is 0 Å². The molecule has 0 bridgehead atoms. The minimum absolute atomic E-state index is 0.0624. The molecule has 1 aliphatic rings. The maximum atomic E-state index is 14.5. The molecule has 0 saturated heterocycles. The molecule has 0 unspecified atom stereocenters. The van der Waals surface area contributed by atoms with Gasteiger partial charge in [-0.05, 0) is 24.8 Å². The van der Waals surface area contributed by atoms with Gasteiger partial charge in [-0.15, -0.1) is 0 Å². The van der Waals surface area contributed by atoms with E-state index in [0.717, 1.165) is 0 Å². The Bertz CT molecular complexity index is 498. The van der Waals surface area contributed by atoms with Crippen molar-refractivity contribution in [2.75, 3.05) is 0 Å². The predicted octanol–water partition coefficient (Wildman–Crippen LogP) is 2.57. The zero-order valence-corrected chi connectivity index (χ0v) is 13.0. The van der Waals surface area contributed by atoms with Crippen LogP contribution in [0.25, 0.3) is 10.4 Å². The number of nitrogens with one attached hydrogen (secondary N) is 1. The average molecular weight is 312 g/mol. The lowest BCUT2D eigenvalue weighted by molar-refractivity contribution is -0.122.